The molecule has 4 heteroatoms. The first-order valence-electron chi connectivity index (χ1n) is 6.92. The summed E-state index contributed by atoms with van der Waals surface area (Å²) in [5.41, 5.74) is 0. The van der Waals surface area contributed by atoms with Gasteiger partial charge in [0.15, 0.2) is 0 Å². The first kappa shape index (κ1) is 16.3. The van der Waals surface area contributed by atoms with Crippen molar-refractivity contribution in [1.29, 1.82) is 0 Å². The van der Waals surface area contributed by atoms with E-state index in [-0.39, 0.29) is 0 Å². The molecule has 1 aromatic carbocycles. The number of hydrogen-bond acceptors (Lipinski definition) is 4. The SMILES string of the molecule is CCCCOCCNCCSc1cccc(OC)c1. The summed E-state index contributed by atoms with van der Waals surface area (Å²) in [7, 11) is 1.70. The fourth-order valence-electron chi connectivity index (χ4n) is 1.55. The highest BCUT2D eigenvalue weighted by Crippen LogP contribution is 2.22. The summed E-state index contributed by atoms with van der Waals surface area (Å²) in [5, 5.41) is 3.38. The van der Waals surface area contributed by atoms with E-state index in [1.165, 1.54) is 11.3 Å². The van der Waals surface area contributed by atoms with Crippen LogP contribution < -0.4 is 10.1 Å². The van der Waals surface area contributed by atoms with Gasteiger partial charge in [0.2, 0.25) is 0 Å². The molecule has 0 radical (unpaired) electrons. The molecule has 3 nitrogen and oxygen atoms in total. The van der Waals surface area contributed by atoms with E-state index in [1.54, 1.807) is 7.11 Å². The van der Waals surface area contributed by atoms with Crippen molar-refractivity contribution in [2.75, 3.05) is 39.2 Å². The Kier molecular flexibility index (Phi) is 9.59. The molecule has 0 aliphatic heterocycles. The van der Waals surface area contributed by atoms with Crippen molar-refractivity contribution in [1.82, 2.24) is 5.32 Å². The normalized spacial score (nSPS) is 10.6. The van der Waals surface area contributed by atoms with E-state index < -0.39 is 0 Å². The molecule has 0 spiro atoms. The average molecular weight is 283 g/mol. The molecule has 108 valence electrons. The highest BCUT2D eigenvalue weighted by atomic mass is 32.2. The van der Waals surface area contributed by atoms with Gasteiger partial charge in [0.05, 0.1) is 13.7 Å². The number of unbranched alkanes of at least 4 members (excludes halogenated alkanes) is 1. The van der Waals surface area contributed by atoms with Gasteiger partial charge in [-0.25, -0.2) is 0 Å². The minimum Gasteiger partial charge on any atom is -0.497 e. The fraction of sp³-hybridized carbons (Fsp3) is 0.600. The van der Waals surface area contributed by atoms with E-state index in [9.17, 15) is 0 Å². The van der Waals surface area contributed by atoms with Gasteiger partial charge >= 0.3 is 0 Å². The summed E-state index contributed by atoms with van der Waals surface area (Å²) >= 11 is 1.84. The Morgan fingerprint density at radius 3 is 2.89 bits per heavy atom. The summed E-state index contributed by atoms with van der Waals surface area (Å²) < 4.78 is 10.7. The molecule has 0 bridgehead atoms. The first-order chi connectivity index (χ1) is 9.36. The van der Waals surface area contributed by atoms with E-state index in [2.05, 4.69) is 24.4 Å². The largest absolute Gasteiger partial charge is 0.497 e. The fourth-order valence-corrected chi connectivity index (χ4v) is 2.41. The zero-order chi connectivity index (χ0) is 13.8. The standard InChI is InChI=1S/C15H25NO2S/c1-3-4-10-18-11-8-16-9-12-19-15-7-5-6-14(13-15)17-2/h5-7,13,16H,3-4,8-12H2,1-2H3. The lowest BCUT2D eigenvalue weighted by Crippen LogP contribution is -2.22. The highest BCUT2D eigenvalue weighted by molar-refractivity contribution is 7.99. The zero-order valence-electron chi connectivity index (χ0n) is 12.0. The minimum absolute atomic E-state index is 0.809. The van der Waals surface area contributed by atoms with Gasteiger partial charge in [0, 0.05) is 30.3 Å². The van der Waals surface area contributed by atoms with Crippen LogP contribution in [0.15, 0.2) is 29.2 Å². The van der Waals surface area contributed by atoms with Crippen LogP contribution in [-0.2, 0) is 4.74 Å². The van der Waals surface area contributed by atoms with E-state index in [4.69, 9.17) is 9.47 Å². The second-order valence-electron chi connectivity index (χ2n) is 4.24. The number of methoxy groups -OCH3 is 1. The lowest BCUT2D eigenvalue weighted by Gasteiger charge is -2.06. The molecule has 0 amide bonds. The number of ether oxygens (including phenoxy) is 2. The van der Waals surface area contributed by atoms with Gasteiger partial charge < -0.3 is 14.8 Å². The Labute approximate surface area is 121 Å². The van der Waals surface area contributed by atoms with Gasteiger partial charge in [-0.1, -0.05) is 19.4 Å². The Bertz CT molecular complexity index is 334. The Morgan fingerprint density at radius 2 is 2.11 bits per heavy atom. The van der Waals surface area contributed by atoms with Crippen LogP contribution in [0.3, 0.4) is 0 Å². The average Bonchev–Trinajstić information content (AvgIpc) is 2.46. The third-order valence-corrected chi connectivity index (χ3v) is 3.65. The monoisotopic (exact) mass is 283 g/mol. The maximum atomic E-state index is 5.48. The molecule has 0 aromatic heterocycles. The molecule has 0 unspecified atom stereocenters. The van der Waals surface area contributed by atoms with Crippen LogP contribution in [0.1, 0.15) is 19.8 Å². The number of thioether (sulfide) groups is 1. The number of benzene rings is 1. The molecule has 1 aromatic rings. The first-order valence-corrected chi connectivity index (χ1v) is 7.90. The van der Waals surface area contributed by atoms with Crippen LogP contribution >= 0.6 is 11.8 Å². The van der Waals surface area contributed by atoms with Crippen LogP contribution in [0.2, 0.25) is 0 Å². The van der Waals surface area contributed by atoms with Gasteiger partial charge in [-0.05, 0) is 24.6 Å². The summed E-state index contributed by atoms with van der Waals surface area (Å²) in [4.78, 5) is 1.25. The van der Waals surface area contributed by atoms with Gasteiger partial charge in [0.1, 0.15) is 5.75 Å². The van der Waals surface area contributed by atoms with Crippen LogP contribution in [0.25, 0.3) is 0 Å². The van der Waals surface area contributed by atoms with Crippen molar-refractivity contribution < 1.29 is 9.47 Å². The highest BCUT2D eigenvalue weighted by Gasteiger charge is 1.96. The van der Waals surface area contributed by atoms with Crippen molar-refractivity contribution in [3.8, 4) is 5.75 Å². The van der Waals surface area contributed by atoms with Crippen molar-refractivity contribution in [2.24, 2.45) is 0 Å². The number of rotatable bonds is 11. The van der Waals surface area contributed by atoms with Crippen molar-refractivity contribution >= 4 is 11.8 Å². The maximum absolute atomic E-state index is 5.48. The second-order valence-corrected chi connectivity index (χ2v) is 5.41. The van der Waals surface area contributed by atoms with Crippen LogP contribution in [0.5, 0.6) is 5.75 Å². The molecule has 0 saturated carbocycles. The predicted molar refractivity (Wildman–Crippen MR) is 82.3 cm³/mol. The van der Waals surface area contributed by atoms with Gasteiger partial charge in [-0.3, -0.25) is 0 Å². The maximum Gasteiger partial charge on any atom is 0.119 e. The Morgan fingerprint density at radius 1 is 1.21 bits per heavy atom. The Balaban J connectivity index is 1.98. The second kappa shape index (κ2) is 11.1. The molecular weight excluding hydrogens is 258 g/mol. The lowest BCUT2D eigenvalue weighted by atomic mass is 10.3. The smallest absolute Gasteiger partial charge is 0.119 e. The molecular formula is C15H25NO2S. The number of nitrogens with one attached hydrogen (secondary N) is 1. The van der Waals surface area contributed by atoms with Crippen molar-refractivity contribution in [3.63, 3.8) is 0 Å². The number of hydrogen-bond donors (Lipinski definition) is 1. The van der Waals surface area contributed by atoms with Gasteiger partial charge in [-0.2, -0.15) is 0 Å². The zero-order valence-corrected chi connectivity index (χ0v) is 12.8. The molecule has 0 aliphatic carbocycles. The minimum atomic E-state index is 0.809. The van der Waals surface area contributed by atoms with E-state index in [0.29, 0.717) is 0 Å². The van der Waals surface area contributed by atoms with E-state index in [0.717, 1.165) is 44.2 Å². The summed E-state index contributed by atoms with van der Waals surface area (Å²) in [6.45, 7) is 5.80. The third kappa shape index (κ3) is 8.14. The van der Waals surface area contributed by atoms with Crippen molar-refractivity contribution in [3.05, 3.63) is 24.3 Å². The topological polar surface area (TPSA) is 30.5 Å². The molecule has 0 atom stereocenters. The summed E-state index contributed by atoms with van der Waals surface area (Å²) in [6.07, 6.45) is 2.36. The molecule has 1 rings (SSSR count). The van der Waals surface area contributed by atoms with Crippen molar-refractivity contribution in [2.45, 2.75) is 24.7 Å². The quantitative estimate of drug-likeness (QED) is 0.499. The Hall–Kier alpha value is -0.710. The molecule has 0 heterocycles. The van der Waals surface area contributed by atoms with Crippen LogP contribution in [0, 0.1) is 0 Å². The summed E-state index contributed by atoms with van der Waals surface area (Å²) in [6, 6.07) is 8.17. The molecule has 1 N–H and O–H groups in total. The third-order valence-electron chi connectivity index (χ3n) is 2.65. The van der Waals surface area contributed by atoms with E-state index in [1.807, 2.05) is 23.9 Å². The molecule has 0 fully saturated rings. The van der Waals surface area contributed by atoms with E-state index >= 15 is 0 Å². The van der Waals surface area contributed by atoms with Crippen LogP contribution in [0.4, 0.5) is 0 Å². The van der Waals surface area contributed by atoms with Gasteiger partial charge in [0.25, 0.3) is 0 Å². The summed E-state index contributed by atoms with van der Waals surface area (Å²) in [5.74, 6) is 1.98. The molecule has 0 aliphatic rings. The lowest BCUT2D eigenvalue weighted by molar-refractivity contribution is 0.133. The van der Waals surface area contributed by atoms with Gasteiger partial charge in [-0.15, -0.1) is 11.8 Å². The molecule has 19 heavy (non-hydrogen) atoms. The predicted octanol–water partition coefficient (Wildman–Crippen LogP) is 3.19. The van der Waals surface area contributed by atoms with Crippen LogP contribution in [-0.4, -0.2) is 39.2 Å². The molecule has 0 saturated heterocycles.